The van der Waals surface area contributed by atoms with Crippen molar-refractivity contribution >= 4 is 22.8 Å². The highest BCUT2D eigenvalue weighted by Gasteiger charge is 2.29. The Bertz CT molecular complexity index is 778. The van der Waals surface area contributed by atoms with Gasteiger partial charge in [-0.2, -0.15) is 0 Å². The standard InChI is InChI=1S/C14H14N4O2S/c1-19-9-4-5-10-11(6-9)16-14(15-10)21-7-12-17-18-13(20-12)8-2-3-8/h4-6,8H,2-3,7H2,1H3,(H,15,16). The second kappa shape index (κ2) is 5.07. The van der Waals surface area contributed by atoms with Gasteiger partial charge in [-0.05, 0) is 25.0 Å². The van der Waals surface area contributed by atoms with E-state index in [9.17, 15) is 0 Å². The highest BCUT2D eigenvalue weighted by Crippen LogP contribution is 2.39. The first kappa shape index (κ1) is 12.7. The molecule has 2 heterocycles. The van der Waals surface area contributed by atoms with Gasteiger partial charge in [-0.15, -0.1) is 10.2 Å². The lowest BCUT2D eigenvalue weighted by molar-refractivity contribution is 0.415. The molecule has 0 bridgehead atoms. The van der Waals surface area contributed by atoms with Crippen LogP contribution in [0.4, 0.5) is 0 Å². The zero-order chi connectivity index (χ0) is 14.2. The molecule has 1 aromatic carbocycles. The maximum absolute atomic E-state index is 5.64. The number of nitrogens with one attached hydrogen (secondary N) is 1. The molecule has 0 spiro atoms. The van der Waals surface area contributed by atoms with Crippen LogP contribution in [0, 0.1) is 0 Å². The van der Waals surface area contributed by atoms with Gasteiger partial charge < -0.3 is 14.1 Å². The Morgan fingerprint density at radius 2 is 2.29 bits per heavy atom. The van der Waals surface area contributed by atoms with Crippen LogP contribution in [0.25, 0.3) is 11.0 Å². The van der Waals surface area contributed by atoms with Crippen molar-refractivity contribution in [1.29, 1.82) is 0 Å². The Labute approximate surface area is 125 Å². The molecule has 6 nitrogen and oxygen atoms in total. The van der Waals surface area contributed by atoms with Crippen LogP contribution in [0.15, 0.2) is 27.8 Å². The summed E-state index contributed by atoms with van der Waals surface area (Å²) in [7, 11) is 1.65. The van der Waals surface area contributed by atoms with Crippen molar-refractivity contribution in [2.45, 2.75) is 29.7 Å². The maximum Gasteiger partial charge on any atom is 0.226 e. The van der Waals surface area contributed by atoms with E-state index in [-0.39, 0.29) is 0 Å². The van der Waals surface area contributed by atoms with E-state index in [1.807, 2.05) is 18.2 Å². The van der Waals surface area contributed by atoms with Crippen LogP contribution in [-0.2, 0) is 5.75 Å². The predicted molar refractivity (Wildman–Crippen MR) is 78.5 cm³/mol. The Morgan fingerprint density at radius 3 is 3.10 bits per heavy atom. The lowest BCUT2D eigenvalue weighted by Gasteiger charge is -1.96. The molecule has 1 aliphatic carbocycles. The van der Waals surface area contributed by atoms with Crippen LogP contribution >= 0.6 is 11.8 Å². The van der Waals surface area contributed by atoms with E-state index in [0.29, 0.717) is 17.6 Å². The van der Waals surface area contributed by atoms with E-state index < -0.39 is 0 Å². The number of aromatic amines is 1. The van der Waals surface area contributed by atoms with Gasteiger partial charge in [-0.25, -0.2) is 4.98 Å². The molecule has 1 saturated carbocycles. The van der Waals surface area contributed by atoms with E-state index in [2.05, 4.69) is 20.2 Å². The molecule has 3 aromatic rings. The van der Waals surface area contributed by atoms with Crippen molar-refractivity contribution < 1.29 is 9.15 Å². The van der Waals surface area contributed by atoms with Gasteiger partial charge in [0.15, 0.2) is 5.16 Å². The molecule has 7 heteroatoms. The molecule has 0 atom stereocenters. The molecule has 108 valence electrons. The second-order valence-electron chi connectivity index (χ2n) is 5.02. The van der Waals surface area contributed by atoms with E-state index >= 15 is 0 Å². The number of fused-ring (bicyclic) bond motifs is 1. The molecular formula is C14H14N4O2S. The van der Waals surface area contributed by atoms with Crippen LogP contribution in [0.3, 0.4) is 0 Å². The van der Waals surface area contributed by atoms with Crippen LogP contribution in [0.2, 0.25) is 0 Å². The van der Waals surface area contributed by atoms with Crippen LogP contribution in [0.5, 0.6) is 5.75 Å². The van der Waals surface area contributed by atoms with Gasteiger partial charge in [0.05, 0.1) is 23.9 Å². The number of hydrogen-bond donors (Lipinski definition) is 1. The monoisotopic (exact) mass is 302 g/mol. The van der Waals surface area contributed by atoms with Gasteiger partial charge in [0, 0.05) is 12.0 Å². The minimum absolute atomic E-state index is 0.495. The smallest absolute Gasteiger partial charge is 0.226 e. The third-order valence-electron chi connectivity index (χ3n) is 3.41. The van der Waals surface area contributed by atoms with Crippen molar-refractivity contribution in [3.63, 3.8) is 0 Å². The average molecular weight is 302 g/mol. The molecule has 21 heavy (non-hydrogen) atoms. The lowest BCUT2D eigenvalue weighted by Crippen LogP contribution is -1.81. The fraction of sp³-hybridized carbons (Fsp3) is 0.357. The zero-order valence-electron chi connectivity index (χ0n) is 11.5. The van der Waals surface area contributed by atoms with E-state index in [4.69, 9.17) is 9.15 Å². The molecule has 2 aromatic heterocycles. The molecular weight excluding hydrogens is 288 g/mol. The zero-order valence-corrected chi connectivity index (χ0v) is 12.3. The van der Waals surface area contributed by atoms with Gasteiger partial charge in [0.25, 0.3) is 0 Å². The fourth-order valence-corrected chi connectivity index (χ4v) is 2.83. The molecule has 4 rings (SSSR count). The summed E-state index contributed by atoms with van der Waals surface area (Å²) in [4.78, 5) is 7.78. The molecule has 0 unspecified atom stereocenters. The van der Waals surface area contributed by atoms with Gasteiger partial charge in [-0.1, -0.05) is 11.8 Å². The summed E-state index contributed by atoms with van der Waals surface area (Å²) >= 11 is 1.55. The molecule has 0 amide bonds. The first-order valence-electron chi connectivity index (χ1n) is 6.80. The van der Waals surface area contributed by atoms with Crippen molar-refractivity contribution in [2.24, 2.45) is 0 Å². The summed E-state index contributed by atoms with van der Waals surface area (Å²) in [5.74, 6) is 3.36. The third kappa shape index (κ3) is 2.61. The molecule has 1 fully saturated rings. The Kier molecular flexibility index (Phi) is 3.07. The molecule has 0 saturated heterocycles. The van der Waals surface area contributed by atoms with Crippen LogP contribution in [0.1, 0.15) is 30.5 Å². The highest BCUT2D eigenvalue weighted by atomic mass is 32.2. The Morgan fingerprint density at radius 1 is 1.38 bits per heavy atom. The van der Waals surface area contributed by atoms with E-state index in [1.54, 1.807) is 18.9 Å². The number of imidazole rings is 1. The number of nitrogens with zero attached hydrogens (tertiary/aromatic N) is 3. The summed E-state index contributed by atoms with van der Waals surface area (Å²) in [5.41, 5.74) is 1.88. The number of ether oxygens (including phenoxy) is 1. The number of rotatable bonds is 5. The largest absolute Gasteiger partial charge is 0.497 e. The van der Waals surface area contributed by atoms with Gasteiger partial charge in [0.1, 0.15) is 5.75 Å². The summed E-state index contributed by atoms with van der Waals surface area (Å²) in [6.07, 6.45) is 2.33. The number of H-pyrrole nitrogens is 1. The summed E-state index contributed by atoms with van der Waals surface area (Å²) in [6.45, 7) is 0. The van der Waals surface area contributed by atoms with Crippen LogP contribution in [-0.4, -0.2) is 27.3 Å². The van der Waals surface area contributed by atoms with Gasteiger partial charge in [0.2, 0.25) is 11.8 Å². The quantitative estimate of drug-likeness (QED) is 0.730. The normalized spacial score (nSPS) is 14.7. The molecule has 0 aliphatic heterocycles. The summed E-state index contributed by atoms with van der Waals surface area (Å²) < 4.78 is 10.8. The number of thioether (sulfide) groups is 1. The Hall–Kier alpha value is -2.02. The Balaban J connectivity index is 1.48. The second-order valence-corrected chi connectivity index (χ2v) is 5.99. The maximum atomic E-state index is 5.64. The molecule has 1 N–H and O–H groups in total. The summed E-state index contributed by atoms with van der Waals surface area (Å²) in [5, 5.41) is 8.99. The summed E-state index contributed by atoms with van der Waals surface area (Å²) in [6, 6.07) is 5.77. The van der Waals surface area contributed by atoms with E-state index in [0.717, 1.165) is 27.8 Å². The van der Waals surface area contributed by atoms with Crippen molar-refractivity contribution in [2.75, 3.05) is 7.11 Å². The SMILES string of the molecule is COc1ccc2nc(SCc3nnc(C4CC4)o3)[nH]c2c1. The predicted octanol–water partition coefficient (Wildman–Crippen LogP) is 3.12. The third-order valence-corrected chi connectivity index (χ3v) is 4.27. The van der Waals surface area contributed by atoms with Crippen molar-refractivity contribution in [1.82, 2.24) is 20.2 Å². The van der Waals surface area contributed by atoms with Crippen LogP contribution < -0.4 is 4.74 Å². The number of aromatic nitrogens is 4. The average Bonchev–Trinajstić information content (AvgIpc) is 3.11. The van der Waals surface area contributed by atoms with Gasteiger partial charge in [-0.3, -0.25) is 0 Å². The molecule has 0 radical (unpaired) electrons. The minimum Gasteiger partial charge on any atom is -0.497 e. The van der Waals surface area contributed by atoms with Crippen molar-refractivity contribution in [3.8, 4) is 5.75 Å². The minimum atomic E-state index is 0.495. The number of methoxy groups -OCH3 is 1. The number of benzene rings is 1. The first-order valence-corrected chi connectivity index (χ1v) is 7.79. The number of hydrogen-bond acceptors (Lipinski definition) is 6. The van der Waals surface area contributed by atoms with Gasteiger partial charge >= 0.3 is 0 Å². The van der Waals surface area contributed by atoms with Crippen molar-refractivity contribution in [3.05, 3.63) is 30.0 Å². The fourth-order valence-electron chi connectivity index (χ4n) is 2.11. The lowest BCUT2D eigenvalue weighted by atomic mass is 10.3. The topological polar surface area (TPSA) is 76.8 Å². The molecule has 1 aliphatic rings. The first-order chi connectivity index (χ1) is 10.3. The highest BCUT2D eigenvalue weighted by molar-refractivity contribution is 7.98. The van der Waals surface area contributed by atoms with E-state index in [1.165, 1.54) is 12.8 Å².